The Morgan fingerprint density at radius 2 is 2.23 bits per heavy atom. The number of rotatable bonds is 3. The molecule has 0 fully saturated rings. The van der Waals surface area contributed by atoms with Gasteiger partial charge in [0.05, 0.1) is 5.02 Å². The maximum Gasteiger partial charge on any atom is 0.259 e. The summed E-state index contributed by atoms with van der Waals surface area (Å²) in [6.45, 7) is 1.69. The van der Waals surface area contributed by atoms with Crippen LogP contribution >= 0.6 is 23.2 Å². The molecular weight excluding hydrogens is 211 g/mol. The lowest BCUT2D eigenvalue weighted by Gasteiger charge is -2.07. The van der Waals surface area contributed by atoms with E-state index < -0.39 is 5.24 Å². The SMILES string of the molecule is Cc1cccc(Cl)c1OCC(=O)Cl. The molecular formula is C9H8Cl2O2. The van der Waals surface area contributed by atoms with Gasteiger partial charge in [-0.2, -0.15) is 0 Å². The Balaban J connectivity index is 2.81. The number of carbonyl (C=O) groups is 1. The summed E-state index contributed by atoms with van der Waals surface area (Å²) in [6.07, 6.45) is 0. The molecule has 0 amide bonds. The summed E-state index contributed by atoms with van der Waals surface area (Å²) in [5.74, 6) is 0.512. The molecule has 1 aromatic rings. The number of aryl methyl sites for hydroxylation is 1. The summed E-state index contributed by atoms with van der Waals surface area (Å²) in [7, 11) is 0. The highest BCUT2D eigenvalue weighted by molar-refractivity contribution is 6.63. The van der Waals surface area contributed by atoms with E-state index in [4.69, 9.17) is 27.9 Å². The van der Waals surface area contributed by atoms with Gasteiger partial charge in [0.1, 0.15) is 5.75 Å². The minimum Gasteiger partial charge on any atom is -0.483 e. The van der Waals surface area contributed by atoms with Crippen LogP contribution in [0.25, 0.3) is 0 Å². The maximum atomic E-state index is 10.4. The van der Waals surface area contributed by atoms with Gasteiger partial charge in [-0.05, 0) is 30.2 Å². The molecule has 0 aliphatic carbocycles. The number of hydrogen-bond donors (Lipinski definition) is 0. The average Bonchev–Trinajstić information content (AvgIpc) is 2.03. The van der Waals surface area contributed by atoms with Crippen molar-refractivity contribution in [1.29, 1.82) is 0 Å². The molecule has 0 atom stereocenters. The Hall–Kier alpha value is -0.730. The molecule has 0 heterocycles. The van der Waals surface area contributed by atoms with E-state index in [2.05, 4.69) is 0 Å². The van der Waals surface area contributed by atoms with Crippen LogP contribution in [0.2, 0.25) is 5.02 Å². The Kier molecular flexibility index (Phi) is 3.58. The second-order valence-electron chi connectivity index (χ2n) is 2.53. The highest BCUT2D eigenvalue weighted by Gasteiger charge is 2.05. The van der Waals surface area contributed by atoms with Crippen LogP contribution in [0.4, 0.5) is 0 Å². The van der Waals surface area contributed by atoms with Gasteiger partial charge in [0.2, 0.25) is 0 Å². The van der Waals surface area contributed by atoms with Crippen LogP contribution in [-0.2, 0) is 4.79 Å². The molecule has 0 saturated carbocycles. The van der Waals surface area contributed by atoms with Crippen molar-refractivity contribution in [3.63, 3.8) is 0 Å². The molecule has 0 spiro atoms. The van der Waals surface area contributed by atoms with E-state index >= 15 is 0 Å². The lowest BCUT2D eigenvalue weighted by atomic mass is 10.2. The van der Waals surface area contributed by atoms with Crippen molar-refractivity contribution < 1.29 is 9.53 Å². The third-order valence-electron chi connectivity index (χ3n) is 1.49. The zero-order valence-electron chi connectivity index (χ0n) is 7.01. The van der Waals surface area contributed by atoms with E-state index in [1.165, 1.54) is 0 Å². The molecule has 0 aromatic heterocycles. The summed E-state index contributed by atoms with van der Waals surface area (Å²) < 4.78 is 5.12. The zero-order valence-corrected chi connectivity index (χ0v) is 8.52. The topological polar surface area (TPSA) is 26.3 Å². The standard InChI is InChI=1S/C9H8Cl2O2/c1-6-3-2-4-7(10)9(6)13-5-8(11)12/h2-4H,5H2,1H3. The number of carbonyl (C=O) groups excluding carboxylic acids is 1. The number of halogens is 2. The first-order valence-electron chi connectivity index (χ1n) is 3.67. The largest absolute Gasteiger partial charge is 0.483 e. The van der Waals surface area contributed by atoms with Gasteiger partial charge in [0.15, 0.2) is 6.61 Å². The minimum atomic E-state index is -0.542. The normalized spacial score (nSPS) is 9.77. The van der Waals surface area contributed by atoms with Crippen LogP contribution in [0.15, 0.2) is 18.2 Å². The third-order valence-corrected chi connectivity index (χ3v) is 1.90. The molecule has 1 rings (SSSR count). The van der Waals surface area contributed by atoms with E-state index in [-0.39, 0.29) is 6.61 Å². The summed E-state index contributed by atoms with van der Waals surface area (Å²) in [6, 6.07) is 5.36. The van der Waals surface area contributed by atoms with Crippen molar-refractivity contribution >= 4 is 28.4 Å². The summed E-state index contributed by atoms with van der Waals surface area (Å²) in [4.78, 5) is 10.4. The molecule has 1 aromatic carbocycles. The van der Waals surface area contributed by atoms with Crippen molar-refractivity contribution in [2.75, 3.05) is 6.61 Å². The number of hydrogen-bond acceptors (Lipinski definition) is 2. The molecule has 0 saturated heterocycles. The molecule has 0 N–H and O–H groups in total. The van der Waals surface area contributed by atoms with E-state index in [1.807, 2.05) is 19.1 Å². The van der Waals surface area contributed by atoms with Gasteiger partial charge < -0.3 is 4.74 Å². The molecule has 0 aliphatic rings. The highest BCUT2D eigenvalue weighted by Crippen LogP contribution is 2.27. The van der Waals surface area contributed by atoms with Crippen LogP contribution < -0.4 is 4.74 Å². The van der Waals surface area contributed by atoms with Gasteiger partial charge >= 0.3 is 0 Å². The van der Waals surface area contributed by atoms with E-state index in [1.54, 1.807) is 6.07 Å². The Bertz CT molecular complexity index is 303. The lowest BCUT2D eigenvalue weighted by molar-refractivity contribution is -0.113. The van der Waals surface area contributed by atoms with Gasteiger partial charge in [-0.3, -0.25) is 4.79 Å². The molecule has 2 nitrogen and oxygen atoms in total. The summed E-state index contributed by atoms with van der Waals surface area (Å²) in [5, 5.41) is -0.0581. The van der Waals surface area contributed by atoms with E-state index in [0.717, 1.165) is 5.56 Å². The van der Waals surface area contributed by atoms with Crippen LogP contribution in [0.5, 0.6) is 5.75 Å². The predicted molar refractivity (Wildman–Crippen MR) is 52.5 cm³/mol. The molecule has 0 bridgehead atoms. The highest BCUT2D eigenvalue weighted by atomic mass is 35.5. The fraction of sp³-hybridized carbons (Fsp3) is 0.222. The Morgan fingerprint density at radius 3 is 2.77 bits per heavy atom. The quantitative estimate of drug-likeness (QED) is 0.730. The van der Waals surface area contributed by atoms with Crippen molar-refractivity contribution in [1.82, 2.24) is 0 Å². The fourth-order valence-corrected chi connectivity index (χ4v) is 1.26. The number of benzene rings is 1. The van der Waals surface area contributed by atoms with E-state index in [9.17, 15) is 4.79 Å². The maximum absolute atomic E-state index is 10.4. The Morgan fingerprint density at radius 1 is 1.54 bits per heavy atom. The van der Waals surface area contributed by atoms with Crippen molar-refractivity contribution in [3.05, 3.63) is 28.8 Å². The lowest BCUT2D eigenvalue weighted by Crippen LogP contribution is -2.05. The number of ether oxygens (including phenoxy) is 1. The first-order chi connectivity index (χ1) is 6.11. The Labute approximate surface area is 86.4 Å². The summed E-state index contributed by atoms with van der Waals surface area (Å²) in [5.41, 5.74) is 0.880. The van der Waals surface area contributed by atoms with E-state index in [0.29, 0.717) is 10.8 Å². The smallest absolute Gasteiger partial charge is 0.259 e. The molecule has 0 radical (unpaired) electrons. The molecule has 0 aliphatic heterocycles. The van der Waals surface area contributed by atoms with Crippen molar-refractivity contribution in [2.24, 2.45) is 0 Å². The van der Waals surface area contributed by atoms with Gasteiger partial charge in [-0.15, -0.1) is 0 Å². The first kappa shape index (κ1) is 10.4. The average molecular weight is 219 g/mol. The van der Waals surface area contributed by atoms with Crippen molar-refractivity contribution in [2.45, 2.75) is 6.92 Å². The molecule has 70 valence electrons. The minimum absolute atomic E-state index is 0.161. The number of para-hydroxylation sites is 1. The van der Waals surface area contributed by atoms with Crippen molar-refractivity contribution in [3.8, 4) is 5.75 Å². The third kappa shape index (κ3) is 2.90. The van der Waals surface area contributed by atoms with Gasteiger partial charge in [0.25, 0.3) is 5.24 Å². The first-order valence-corrected chi connectivity index (χ1v) is 4.43. The predicted octanol–water partition coefficient (Wildman–Crippen LogP) is 2.79. The fourth-order valence-electron chi connectivity index (χ4n) is 0.928. The monoisotopic (exact) mass is 218 g/mol. The summed E-state index contributed by atoms with van der Waals surface area (Å²) >= 11 is 11.0. The van der Waals surface area contributed by atoms with Crippen LogP contribution in [0.1, 0.15) is 5.56 Å². The zero-order chi connectivity index (χ0) is 9.84. The second kappa shape index (κ2) is 4.49. The van der Waals surface area contributed by atoms with Crippen LogP contribution in [-0.4, -0.2) is 11.8 Å². The molecule has 13 heavy (non-hydrogen) atoms. The molecule has 4 heteroatoms. The van der Waals surface area contributed by atoms with Gasteiger partial charge in [-0.1, -0.05) is 23.7 Å². The van der Waals surface area contributed by atoms with Crippen LogP contribution in [0, 0.1) is 6.92 Å². The van der Waals surface area contributed by atoms with Gasteiger partial charge in [-0.25, -0.2) is 0 Å². The molecule has 0 unspecified atom stereocenters. The second-order valence-corrected chi connectivity index (χ2v) is 3.36. The van der Waals surface area contributed by atoms with Crippen LogP contribution in [0.3, 0.4) is 0 Å². The van der Waals surface area contributed by atoms with Gasteiger partial charge in [0, 0.05) is 0 Å².